The van der Waals surface area contributed by atoms with E-state index in [1.165, 1.54) is 25.7 Å². The molecule has 0 aromatic heterocycles. The van der Waals surface area contributed by atoms with E-state index in [0.29, 0.717) is 18.5 Å². The summed E-state index contributed by atoms with van der Waals surface area (Å²) in [6.07, 6.45) is 6.25. The summed E-state index contributed by atoms with van der Waals surface area (Å²) in [5.41, 5.74) is 0. The lowest BCUT2D eigenvalue weighted by Crippen LogP contribution is -2.40. The van der Waals surface area contributed by atoms with Crippen molar-refractivity contribution in [2.24, 2.45) is 0 Å². The third-order valence-corrected chi connectivity index (χ3v) is 3.45. The summed E-state index contributed by atoms with van der Waals surface area (Å²) in [5.74, 6) is -0.677. The van der Waals surface area contributed by atoms with Gasteiger partial charge in [0.15, 0.2) is 0 Å². The van der Waals surface area contributed by atoms with Crippen molar-refractivity contribution in [3.05, 3.63) is 0 Å². The average Bonchev–Trinajstić information content (AvgIpc) is 2.39. The van der Waals surface area contributed by atoms with E-state index in [0.717, 1.165) is 13.0 Å². The number of hydrogen-bond acceptors (Lipinski definition) is 2. The standard InChI is InChI=1S/C12H23NO2/c1-10-6-4-3-5-9-13(10)11(2)7-8-12(14)15/h10-11H,3-9H2,1-2H3,(H,14,15). The first-order valence-electron chi connectivity index (χ1n) is 6.09. The van der Waals surface area contributed by atoms with E-state index < -0.39 is 5.97 Å². The van der Waals surface area contributed by atoms with Crippen LogP contribution in [0.15, 0.2) is 0 Å². The molecular formula is C12H23NO2. The van der Waals surface area contributed by atoms with Crippen molar-refractivity contribution in [1.29, 1.82) is 0 Å². The fourth-order valence-electron chi connectivity index (χ4n) is 2.45. The van der Waals surface area contributed by atoms with E-state index in [9.17, 15) is 4.79 Å². The molecule has 1 rings (SSSR count). The Kier molecular flexibility index (Phi) is 5.09. The van der Waals surface area contributed by atoms with Crippen LogP contribution in [0.1, 0.15) is 52.4 Å². The van der Waals surface area contributed by atoms with Crippen molar-refractivity contribution >= 4 is 5.97 Å². The van der Waals surface area contributed by atoms with Crippen LogP contribution in [0.4, 0.5) is 0 Å². The fourth-order valence-corrected chi connectivity index (χ4v) is 2.45. The minimum atomic E-state index is -0.677. The summed E-state index contributed by atoms with van der Waals surface area (Å²) in [5, 5.41) is 8.66. The number of rotatable bonds is 4. The van der Waals surface area contributed by atoms with Gasteiger partial charge in [-0.3, -0.25) is 9.69 Å². The monoisotopic (exact) mass is 213 g/mol. The van der Waals surface area contributed by atoms with Gasteiger partial charge in [-0.1, -0.05) is 12.8 Å². The van der Waals surface area contributed by atoms with E-state index >= 15 is 0 Å². The summed E-state index contributed by atoms with van der Waals surface area (Å²) in [4.78, 5) is 13.0. The smallest absolute Gasteiger partial charge is 0.303 e. The highest BCUT2D eigenvalue weighted by molar-refractivity contribution is 5.66. The number of aliphatic carboxylic acids is 1. The SMILES string of the molecule is CC1CCCCCN1C(C)CCC(=O)O. The molecule has 1 fully saturated rings. The average molecular weight is 213 g/mol. The van der Waals surface area contributed by atoms with E-state index in [4.69, 9.17) is 5.11 Å². The number of nitrogens with zero attached hydrogens (tertiary/aromatic N) is 1. The summed E-state index contributed by atoms with van der Waals surface area (Å²) >= 11 is 0. The zero-order valence-corrected chi connectivity index (χ0v) is 9.91. The van der Waals surface area contributed by atoms with Crippen molar-refractivity contribution in [2.75, 3.05) is 6.54 Å². The van der Waals surface area contributed by atoms with Crippen LogP contribution in [0.2, 0.25) is 0 Å². The highest BCUT2D eigenvalue weighted by Gasteiger charge is 2.21. The lowest BCUT2D eigenvalue weighted by atomic mass is 10.1. The van der Waals surface area contributed by atoms with E-state index in [1.807, 2.05) is 0 Å². The maximum Gasteiger partial charge on any atom is 0.303 e. The van der Waals surface area contributed by atoms with E-state index in [2.05, 4.69) is 18.7 Å². The van der Waals surface area contributed by atoms with Crippen molar-refractivity contribution in [3.8, 4) is 0 Å². The molecule has 1 saturated heterocycles. The van der Waals surface area contributed by atoms with E-state index in [-0.39, 0.29) is 0 Å². The second kappa shape index (κ2) is 6.11. The van der Waals surface area contributed by atoms with Crippen LogP contribution in [-0.2, 0) is 4.79 Å². The van der Waals surface area contributed by atoms with Crippen LogP contribution >= 0.6 is 0 Å². The zero-order valence-electron chi connectivity index (χ0n) is 9.91. The van der Waals surface area contributed by atoms with Crippen LogP contribution in [-0.4, -0.2) is 34.6 Å². The molecule has 3 nitrogen and oxygen atoms in total. The molecule has 15 heavy (non-hydrogen) atoms. The number of hydrogen-bond donors (Lipinski definition) is 1. The Morgan fingerprint density at radius 2 is 2.20 bits per heavy atom. The maximum absolute atomic E-state index is 10.5. The quantitative estimate of drug-likeness (QED) is 0.780. The van der Waals surface area contributed by atoms with Crippen molar-refractivity contribution in [2.45, 2.75) is 64.5 Å². The molecule has 0 radical (unpaired) electrons. The van der Waals surface area contributed by atoms with Crippen LogP contribution in [0.3, 0.4) is 0 Å². The van der Waals surface area contributed by atoms with Gasteiger partial charge in [-0.05, 0) is 39.7 Å². The lowest BCUT2D eigenvalue weighted by molar-refractivity contribution is -0.137. The molecule has 0 bridgehead atoms. The summed E-state index contributed by atoms with van der Waals surface area (Å²) in [7, 11) is 0. The molecule has 0 spiro atoms. The van der Waals surface area contributed by atoms with E-state index in [1.54, 1.807) is 0 Å². The molecule has 0 aromatic rings. The molecule has 2 atom stereocenters. The lowest BCUT2D eigenvalue weighted by Gasteiger charge is -2.32. The predicted octanol–water partition coefficient (Wildman–Crippen LogP) is 2.50. The normalized spacial score (nSPS) is 25.9. The van der Waals surface area contributed by atoms with Gasteiger partial charge in [-0.25, -0.2) is 0 Å². The molecule has 0 saturated carbocycles. The minimum Gasteiger partial charge on any atom is -0.481 e. The summed E-state index contributed by atoms with van der Waals surface area (Å²) in [6, 6.07) is 1.03. The first-order valence-corrected chi connectivity index (χ1v) is 6.09. The first kappa shape index (κ1) is 12.5. The third-order valence-electron chi connectivity index (χ3n) is 3.45. The Hall–Kier alpha value is -0.570. The predicted molar refractivity (Wildman–Crippen MR) is 61.0 cm³/mol. The second-order valence-electron chi connectivity index (χ2n) is 4.72. The number of carboxylic acid groups (broad SMARTS) is 1. The number of carbonyl (C=O) groups is 1. The van der Waals surface area contributed by atoms with Gasteiger partial charge in [0.1, 0.15) is 0 Å². The zero-order chi connectivity index (χ0) is 11.3. The van der Waals surface area contributed by atoms with Gasteiger partial charge in [0.05, 0.1) is 0 Å². The largest absolute Gasteiger partial charge is 0.481 e. The van der Waals surface area contributed by atoms with Crippen LogP contribution < -0.4 is 0 Å². The molecule has 0 aliphatic carbocycles. The topological polar surface area (TPSA) is 40.5 Å². The Balaban J connectivity index is 2.40. The minimum absolute atomic E-state index is 0.296. The molecular weight excluding hydrogens is 190 g/mol. The van der Waals surface area contributed by atoms with Crippen LogP contribution in [0.5, 0.6) is 0 Å². The highest BCUT2D eigenvalue weighted by atomic mass is 16.4. The molecule has 0 amide bonds. The molecule has 1 aliphatic heterocycles. The van der Waals surface area contributed by atoms with Gasteiger partial charge in [-0.15, -0.1) is 0 Å². The van der Waals surface area contributed by atoms with Gasteiger partial charge < -0.3 is 5.11 Å². The van der Waals surface area contributed by atoms with Crippen molar-refractivity contribution < 1.29 is 9.90 Å². The highest BCUT2D eigenvalue weighted by Crippen LogP contribution is 2.20. The molecule has 88 valence electrons. The second-order valence-corrected chi connectivity index (χ2v) is 4.72. The summed E-state index contributed by atoms with van der Waals surface area (Å²) in [6.45, 7) is 5.56. The third kappa shape index (κ3) is 4.20. The first-order chi connectivity index (χ1) is 7.11. The molecule has 0 aromatic carbocycles. The van der Waals surface area contributed by atoms with Gasteiger partial charge in [0.2, 0.25) is 0 Å². The Labute approximate surface area is 92.5 Å². The Morgan fingerprint density at radius 1 is 1.47 bits per heavy atom. The molecule has 2 unspecified atom stereocenters. The maximum atomic E-state index is 10.5. The fraction of sp³-hybridized carbons (Fsp3) is 0.917. The molecule has 1 aliphatic rings. The number of carboxylic acids is 1. The summed E-state index contributed by atoms with van der Waals surface area (Å²) < 4.78 is 0. The van der Waals surface area contributed by atoms with Gasteiger partial charge in [0.25, 0.3) is 0 Å². The Bertz CT molecular complexity index is 206. The van der Waals surface area contributed by atoms with Crippen molar-refractivity contribution in [3.63, 3.8) is 0 Å². The Morgan fingerprint density at radius 3 is 2.87 bits per heavy atom. The molecule has 1 N–H and O–H groups in total. The van der Waals surface area contributed by atoms with Gasteiger partial charge >= 0.3 is 5.97 Å². The van der Waals surface area contributed by atoms with Crippen LogP contribution in [0.25, 0.3) is 0 Å². The van der Waals surface area contributed by atoms with Gasteiger partial charge in [-0.2, -0.15) is 0 Å². The number of likely N-dealkylation sites (tertiary alicyclic amines) is 1. The van der Waals surface area contributed by atoms with Crippen molar-refractivity contribution in [1.82, 2.24) is 4.90 Å². The van der Waals surface area contributed by atoms with Crippen LogP contribution in [0, 0.1) is 0 Å². The van der Waals surface area contributed by atoms with Gasteiger partial charge in [0, 0.05) is 18.5 Å². The molecule has 1 heterocycles. The molecule has 3 heteroatoms.